The van der Waals surface area contributed by atoms with Crippen LogP contribution in [0.1, 0.15) is 0 Å². The van der Waals surface area contributed by atoms with E-state index in [1.807, 2.05) is 0 Å². The van der Waals surface area contributed by atoms with E-state index in [0.717, 1.165) is 6.07 Å². The van der Waals surface area contributed by atoms with Crippen molar-refractivity contribution in [2.24, 2.45) is 0 Å². The molecular formula is C13H10O5. The van der Waals surface area contributed by atoms with Crippen LogP contribution in [-0.4, -0.2) is 18.3 Å². The summed E-state index contributed by atoms with van der Waals surface area (Å²) in [5.41, 5.74) is 0.0483. The summed E-state index contributed by atoms with van der Waals surface area (Å²) in [6.07, 6.45) is 0. The number of rotatable bonds is 1. The molecule has 5 nitrogen and oxygen atoms in total. The fourth-order valence-electron chi connectivity index (χ4n) is 1.80. The predicted molar refractivity (Wildman–Crippen MR) is 63.1 cm³/mol. The third kappa shape index (κ3) is 1.90. The molecule has 2 aromatic rings. The van der Waals surface area contributed by atoms with Gasteiger partial charge in [0.2, 0.25) is 0 Å². The molecule has 0 saturated carbocycles. The molecule has 1 aliphatic heterocycles. The number of benzene rings is 1. The first-order valence-electron chi connectivity index (χ1n) is 5.46. The summed E-state index contributed by atoms with van der Waals surface area (Å²) in [7, 11) is 0. The van der Waals surface area contributed by atoms with E-state index in [9.17, 15) is 9.90 Å². The molecule has 1 N–H and O–H groups in total. The molecule has 0 radical (unpaired) electrons. The number of aromatic hydroxyl groups is 1. The molecule has 0 spiro atoms. The lowest BCUT2D eigenvalue weighted by atomic mass is 10.1. The molecular weight excluding hydrogens is 236 g/mol. The molecule has 0 atom stereocenters. The molecule has 1 aliphatic rings. The van der Waals surface area contributed by atoms with Crippen LogP contribution in [0.2, 0.25) is 0 Å². The van der Waals surface area contributed by atoms with Gasteiger partial charge in [-0.3, -0.25) is 0 Å². The van der Waals surface area contributed by atoms with Crippen molar-refractivity contribution in [3.63, 3.8) is 0 Å². The van der Waals surface area contributed by atoms with E-state index in [4.69, 9.17) is 13.9 Å². The van der Waals surface area contributed by atoms with Crippen LogP contribution < -0.4 is 15.1 Å². The zero-order chi connectivity index (χ0) is 12.5. The van der Waals surface area contributed by atoms with Gasteiger partial charge in [-0.2, -0.15) is 0 Å². The maximum Gasteiger partial charge on any atom is 0.339 e. The summed E-state index contributed by atoms with van der Waals surface area (Å²) < 4.78 is 15.9. The van der Waals surface area contributed by atoms with Crippen molar-refractivity contribution in [1.29, 1.82) is 0 Å². The molecule has 18 heavy (non-hydrogen) atoms. The first kappa shape index (κ1) is 10.7. The molecule has 0 saturated heterocycles. The third-order valence-corrected chi connectivity index (χ3v) is 2.58. The van der Waals surface area contributed by atoms with Gasteiger partial charge in [0.15, 0.2) is 11.5 Å². The number of hydrogen-bond donors (Lipinski definition) is 1. The molecule has 1 aromatic heterocycles. The van der Waals surface area contributed by atoms with Crippen molar-refractivity contribution in [1.82, 2.24) is 0 Å². The van der Waals surface area contributed by atoms with Gasteiger partial charge in [-0.15, -0.1) is 0 Å². The first-order chi connectivity index (χ1) is 8.72. The Hall–Kier alpha value is -2.43. The van der Waals surface area contributed by atoms with Gasteiger partial charge < -0.3 is 19.0 Å². The zero-order valence-electron chi connectivity index (χ0n) is 9.38. The van der Waals surface area contributed by atoms with Crippen LogP contribution in [0.4, 0.5) is 0 Å². The highest BCUT2D eigenvalue weighted by Gasteiger charge is 2.13. The van der Waals surface area contributed by atoms with E-state index >= 15 is 0 Å². The van der Waals surface area contributed by atoms with Crippen molar-refractivity contribution in [3.05, 3.63) is 40.8 Å². The Kier molecular flexibility index (Phi) is 2.44. The van der Waals surface area contributed by atoms with Gasteiger partial charge in [0, 0.05) is 11.6 Å². The molecule has 0 bridgehead atoms. The van der Waals surface area contributed by atoms with E-state index in [1.165, 1.54) is 6.07 Å². The Balaban J connectivity index is 2.08. The lowest BCUT2D eigenvalue weighted by Crippen LogP contribution is -2.15. The van der Waals surface area contributed by atoms with Crippen LogP contribution >= 0.6 is 0 Å². The zero-order valence-corrected chi connectivity index (χ0v) is 9.38. The van der Waals surface area contributed by atoms with Crippen molar-refractivity contribution in [3.8, 4) is 28.6 Å². The van der Waals surface area contributed by atoms with Gasteiger partial charge >= 0.3 is 5.63 Å². The molecule has 1 aromatic carbocycles. The summed E-state index contributed by atoms with van der Waals surface area (Å²) in [5, 5.41) is 9.38. The van der Waals surface area contributed by atoms with E-state index in [2.05, 4.69) is 0 Å². The molecule has 0 aliphatic carbocycles. The summed E-state index contributed by atoms with van der Waals surface area (Å²) in [6, 6.07) is 7.60. The van der Waals surface area contributed by atoms with Gasteiger partial charge in [-0.25, -0.2) is 4.79 Å². The Morgan fingerprint density at radius 2 is 1.78 bits per heavy atom. The van der Waals surface area contributed by atoms with Gasteiger partial charge in [0.1, 0.15) is 24.7 Å². The fraction of sp³-hybridized carbons (Fsp3) is 0.154. The van der Waals surface area contributed by atoms with E-state index in [-0.39, 0.29) is 11.5 Å². The Bertz CT molecular complexity index is 644. The minimum Gasteiger partial charge on any atom is -0.508 e. The van der Waals surface area contributed by atoms with E-state index in [1.54, 1.807) is 18.2 Å². The lowest BCUT2D eigenvalue weighted by Gasteiger charge is -2.18. The normalized spacial score (nSPS) is 13.3. The maximum atomic E-state index is 11.2. The maximum absolute atomic E-state index is 11.2. The molecule has 0 fully saturated rings. The minimum absolute atomic E-state index is 0.129. The quantitative estimate of drug-likeness (QED) is 0.830. The van der Waals surface area contributed by atoms with Crippen molar-refractivity contribution >= 4 is 0 Å². The molecule has 92 valence electrons. The Morgan fingerprint density at radius 3 is 2.56 bits per heavy atom. The van der Waals surface area contributed by atoms with Gasteiger partial charge in [-0.1, -0.05) is 0 Å². The molecule has 3 rings (SSSR count). The second-order valence-electron chi connectivity index (χ2n) is 3.86. The summed E-state index contributed by atoms with van der Waals surface area (Å²) >= 11 is 0. The highest BCUT2D eigenvalue weighted by Crippen LogP contribution is 2.34. The summed E-state index contributed by atoms with van der Waals surface area (Å²) in [4.78, 5) is 11.2. The fourth-order valence-corrected chi connectivity index (χ4v) is 1.80. The summed E-state index contributed by atoms with van der Waals surface area (Å²) in [5.74, 6) is 1.42. The van der Waals surface area contributed by atoms with Crippen LogP contribution in [0, 0.1) is 0 Å². The number of hydrogen-bond acceptors (Lipinski definition) is 5. The van der Waals surface area contributed by atoms with E-state index in [0.29, 0.717) is 30.3 Å². The van der Waals surface area contributed by atoms with Gasteiger partial charge in [0.25, 0.3) is 0 Å². The standard InChI is InChI=1S/C13H10O5/c14-9-6-11(18-13(15)7-9)8-1-2-10-12(5-8)17-4-3-16-10/h1-2,5-7,14H,3-4H2. The summed E-state index contributed by atoms with van der Waals surface area (Å²) in [6.45, 7) is 1.01. The lowest BCUT2D eigenvalue weighted by molar-refractivity contribution is 0.171. The van der Waals surface area contributed by atoms with Crippen LogP contribution in [0.5, 0.6) is 17.2 Å². The molecule has 0 amide bonds. The molecule has 0 unspecified atom stereocenters. The first-order valence-corrected chi connectivity index (χ1v) is 5.46. The second kappa shape index (κ2) is 4.10. The Morgan fingerprint density at radius 1 is 1.00 bits per heavy atom. The Labute approximate surface area is 102 Å². The van der Waals surface area contributed by atoms with Gasteiger partial charge in [-0.05, 0) is 18.2 Å². The molecule has 5 heteroatoms. The van der Waals surface area contributed by atoms with Crippen LogP contribution in [0.3, 0.4) is 0 Å². The van der Waals surface area contributed by atoms with Crippen molar-refractivity contribution in [2.75, 3.05) is 13.2 Å². The highest BCUT2D eigenvalue weighted by atomic mass is 16.6. The SMILES string of the molecule is O=c1cc(O)cc(-c2ccc3c(c2)OCCO3)o1. The van der Waals surface area contributed by atoms with E-state index < -0.39 is 5.63 Å². The van der Waals surface area contributed by atoms with Crippen molar-refractivity contribution < 1.29 is 19.0 Å². The van der Waals surface area contributed by atoms with Crippen LogP contribution in [0.25, 0.3) is 11.3 Å². The largest absolute Gasteiger partial charge is 0.508 e. The van der Waals surface area contributed by atoms with Crippen LogP contribution in [0.15, 0.2) is 39.5 Å². The minimum atomic E-state index is -0.597. The highest BCUT2D eigenvalue weighted by molar-refractivity contribution is 5.63. The van der Waals surface area contributed by atoms with Gasteiger partial charge in [0.05, 0.1) is 6.07 Å². The topological polar surface area (TPSA) is 68.9 Å². The number of ether oxygens (including phenoxy) is 2. The van der Waals surface area contributed by atoms with Crippen molar-refractivity contribution in [2.45, 2.75) is 0 Å². The molecule has 2 heterocycles. The monoisotopic (exact) mass is 246 g/mol. The third-order valence-electron chi connectivity index (χ3n) is 2.58. The van der Waals surface area contributed by atoms with Crippen LogP contribution in [-0.2, 0) is 0 Å². The second-order valence-corrected chi connectivity index (χ2v) is 3.86. The predicted octanol–water partition coefficient (Wildman–Crippen LogP) is 1.78. The average molecular weight is 246 g/mol. The smallest absolute Gasteiger partial charge is 0.339 e. The number of fused-ring (bicyclic) bond motifs is 1. The average Bonchev–Trinajstić information content (AvgIpc) is 2.37.